The van der Waals surface area contributed by atoms with E-state index in [9.17, 15) is 10.2 Å². The van der Waals surface area contributed by atoms with Gasteiger partial charge in [0.1, 0.15) is 18.5 Å². The molecule has 0 fully saturated rings. The molecule has 5 heteroatoms. The molecule has 0 bridgehead atoms. The van der Waals surface area contributed by atoms with E-state index in [0.717, 1.165) is 0 Å². The minimum absolute atomic E-state index is 0.161. The van der Waals surface area contributed by atoms with Crippen molar-refractivity contribution in [1.82, 2.24) is 5.32 Å². The number of aliphatic hydroxyl groups excluding tert-OH is 2. The summed E-state index contributed by atoms with van der Waals surface area (Å²) >= 11 is 5.93. The van der Waals surface area contributed by atoms with Gasteiger partial charge in [-0.1, -0.05) is 37.6 Å². The number of rotatable bonds is 8. The van der Waals surface area contributed by atoms with Crippen molar-refractivity contribution in [2.75, 3.05) is 19.7 Å². The summed E-state index contributed by atoms with van der Waals surface area (Å²) in [6.07, 6.45) is -1.05. The van der Waals surface area contributed by atoms with E-state index >= 15 is 0 Å². The Morgan fingerprint density at radius 1 is 1.21 bits per heavy atom. The smallest absolute Gasteiger partial charge is 0.138 e. The van der Waals surface area contributed by atoms with Crippen molar-refractivity contribution in [2.24, 2.45) is 5.92 Å². The number of halogens is 1. The maximum absolute atomic E-state index is 9.74. The Hall–Kier alpha value is -0.810. The van der Waals surface area contributed by atoms with Crippen molar-refractivity contribution in [2.45, 2.75) is 26.1 Å². The molecule has 2 unspecified atom stereocenters. The predicted octanol–water partition coefficient (Wildman–Crippen LogP) is 1.69. The van der Waals surface area contributed by atoms with Crippen LogP contribution in [0.25, 0.3) is 0 Å². The molecular formula is C14H22ClNO3. The zero-order valence-electron chi connectivity index (χ0n) is 11.3. The third-order valence-corrected chi connectivity index (χ3v) is 3.08. The highest BCUT2D eigenvalue weighted by molar-refractivity contribution is 6.32. The van der Waals surface area contributed by atoms with Gasteiger partial charge in [-0.15, -0.1) is 0 Å². The molecule has 0 radical (unpaired) electrons. The first-order valence-electron chi connectivity index (χ1n) is 6.45. The zero-order valence-corrected chi connectivity index (χ0v) is 12.1. The van der Waals surface area contributed by atoms with Gasteiger partial charge in [-0.05, 0) is 18.1 Å². The molecule has 0 spiro atoms. The number of para-hydroxylation sites is 1. The van der Waals surface area contributed by atoms with Gasteiger partial charge < -0.3 is 20.3 Å². The number of benzene rings is 1. The molecule has 0 saturated heterocycles. The molecule has 1 rings (SSSR count). The second kappa shape index (κ2) is 8.38. The van der Waals surface area contributed by atoms with Crippen LogP contribution in [0.4, 0.5) is 0 Å². The van der Waals surface area contributed by atoms with Crippen LogP contribution in [0, 0.1) is 5.92 Å². The molecule has 3 N–H and O–H groups in total. The average Bonchev–Trinajstić information content (AvgIpc) is 2.37. The summed E-state index contributed by atoms with van der Waals surface area (Å²) in [5.41, 5.74) is 0. The van der Waals surface area contributed by atoms with Crippen LogP contribution >= 0.6 is 11.6 Å². The van der Waals surface area contributed by atoms with Crippen LogP contribution in [0.15, 0.2) is 24.3 Å². The molecule has 1 aromatic rings. The van der Waals surface area contributed by atoms with Crippen LogP contribution < -0.4 is 10.1 Å². The molecule has 0 saturated carbocycles. The third-order valence-electron chi connectivity index (χ3n) is 2.77. The Kier molecular flexibility index (Phi) is 7.16. The van der Waals surface area contributed by atoms with E-state index in [-0.39, 0.29) is 12.5 Å². The Bertz CT molecular complexity index is 373. The summed E-state index contributed by atoms with van der Waals surface area (Å²) in [5.74, 6) is 0.759. The lowest BCUT2D eigenvalue weighted by atomic mass is 10.1. The molecule has 4 nitrogen and oxygen atoms in total. The van der Waals surface area contributed by atoms with Gasteiger partial charge in [0, 0.05) is 13.1 Å². The first-order chi connectivity index (χ1) is 9.00. The number of aliphatic hydroxyl groups is 2. The number of hydrogen-bond donors (Lipinski definition) is 3. The molecule has 0 aliphatic rings. The third kappa shape index (κ3) is 6.25. The summed E-state index contributed by atoms with van der Waals surface area (Å²) in [6, 6.07) is 7.14. The zero-order chi connectivity index (χ0) is 14.3. The molecule has 1 aromatic carbocycles. The van der Waals surface area contributed by atoms with Gasteiger partial charge in [-0.2, -0.15) is 0 Å². The van der Waals surface area contributed by atoms with Crippen LogP contribution in [-0.2, 0) is 0 Å². The van der Waals surface area contributed by atoms with Gasteiger partial charge in [0.05, 0.1) is 11.1 Å². The minimum Gasteiger partial charge on any atom is -0.489 e. The fourth-order valence-corrected chi connectivity index (χ4v) is 1.63. The molecule has 0 heterocycles. The lowest BCUT2D eigenvalue weighted by molar-refractivity contribution is 0.0909. The van der Waals surface area contributed by atoms with Crippen LogP contribution in [0.2, 0.25) is 5.02 Å². The Morgan fingerprint density at radius 2 is 1.89 bits per heavy atom. The lowest BCUT2D eigenvalue weighted by Gasteiger charge is -2.17. The van der Waals surface area contributed by atoms with Crippen LogP contribution in [0.3, 0.4) is 0 Å². The maximum atomic E-state index is 9.74. The van der Waals surface area contributed by atoms with Crippen molar-refractivity contribution in [3.8, 4) is 5.75 Å². The molecule has 0 aliphatic carbocycles. The number of nitrogens with one attached hydrogen (secondary N) is 1. The first kappa shape index (κ1) is 16.2. The maximum Gasteiger partial charge on any atom is 0.138 e. The van der Waals surface area contributed by atoms with E-state index < -0.39 is 12.2 Å². The Labute approximate surface area is 119 Å². The topological polar surface area (TPSA) is 61.7 Å². The van der Waals surface area contributed by atoms with Gasteiger partial charge in [0.2, 0.25) is 0 Å². The van der Waals surface area contributed by atoms with Crippen molar-refractivity contribution in [1.29, 1.82) is 0 Å². The van der Waals surface area contributed by atoms with Crippen molar-refractivity contribution in [3.05, 3.63) is 29.3 Å². The van der Waals surface area contributed by atoms with Gasteiger partial charge in [-0.3, -0.25) is 0 Å². The van der Waals surface area contributed by atoms with E-state index in [1.807, 2.05) is 26.0 Å². The molecule has 108 valence electrons. The Balaban J connectivity index is 2.21. The highest BCUT2D eigenvalue weighted by atomic mass is 35.5. The molecule has 0 amide bonds. The van der Waals surface area contributed by atoms with E-state index in [0.29, 0.717) is 23.9 Å². The van der Waals surface area contributed by atoms with Gasteiger partial charge in [-0.25, -0.2) is 0 Å². The highest BCUT2D eigenvalue weighted by Gasteiger charge is 2.11. The fourth-order valence-electron chi connectivity index (χ4n) is 1.44. The summed E-state index contributed by atoms with van der Waals surface area (Å²) in [7, 11) is 0. The van der Waals surface area contributed by atoms with Crippen molar-refractivity contribution in [3.63, 3.8) is 0 Å². The second-order valence-corrected chi connectivity index (χ2v) is 5.27. The summed E-state index contributed by atoms with van der Waals surface area (Å²) in [4.78, 5) is 0. The van der Waals surface area contributed by atoms with Crippen LogP contribution in [-0.4, -0.2) is 42.1 Å². The Morgan fingerprint density at radius 3 is 2.53 bits per heavy atom. The second-order valence-electron chi connectivity index (χ2n) is 4.86. The number of ether oxygens (including phenoxy) is 1. The van der Waals surface area contributed by atoms with Gasteiger partial charge >= 0.3 is 0 Å². The van der Waals surface area contributed by atoms with E-state index in [1.54, 1.807) is 12.1 Å². The molecular weight excluding hydrogens is 266 g/mol. The molecule has 0 aliphatic heterocycles. The quantitative estimate of drug-likeness (QED) is 0.681. The summed E-state index contributed by atoms with van der Waals surface area (Å²) < 4.78 is 5.42. The van der Waals surface area contributed by atoms with Gasteiger partial charge in [0.15, 0.2) is 0 Å². The highest BCUT2D eigenvalue weighted by Crippen LogP contribution is 2.22. The van der Waals surface area contributed by atoms with E-state index in [1.165, 1.54) is 0 Å². The fraction of sp³-hybridized carbons (Fsp3) is 0.571. The SMILES string of the molecule is CC(C)C(O)CNCC(O)COc1ccccc1Cl. The summed E-state index contributed by atoms with van der Waals surface area (Å²) in [5, 5.41) is 22.9. The molecule has 2 atom stereocenters. The van der Waals surface area contributed by atoms with Crippen molar-refractivity contribution >= 4 is 11.6 Å². The molecule has 0 aromatic heterocycles. The number of hydrogen-bond acceptors (Lipinski definition) is 4. The average molecular weight is 288 g/mol. The van der Waals surface area contributed by atoms with Crippen LogP contribution in [0.5, 0.6) is 5.75 Å². The standard InChI is InChI=1S/C14H22ClNO3/c1-10(2)13(18)8-16-7-11(17)9-19-14-6-4-3-5-12(14)15/h3-6,10-11,13,16-18H,7-9H2,1-2H3. The minimum atomic E-state index is -0.643. The largest absolute Gasteiger partial charge is 0.489 e. The predicted molar refractivity (Wildman–Crippen MR) is 76.7 cm³/mol. The molecule has 19 heavy (non-hydrogen) atoms. The first-order valence-corrected chi connectivity index (χ1v) is 6.82. The summed E-state index contributed by atoms with van der Waals surface area (Å²) in [6.45, 7) is 4.89. The van der Waals surface area contributed by atoms with Crippen molar-refractivity contribution < 1.29 is 14.9 Å². The van der Waals surface area contributed by atoms with E-state index in [2.05, 4.69) is 5.32 Å². The lowest BCUT2D eigenvalue weighted by Crippen LogP contribution is -2.37. The monoisotopic (exact) mass is 287 g/mol. The van der Waals surface area contributed by atoms with Gasteiger partial charge in [0.25, 0.3) is 0 Å². The van der Waals surface area contributed by atoms with Crippen LogP contribution in [0.1, 0.15) is 13.8 Å². The van der Waals surface area contributed by atoms with E-state index in [4.69, 9.17) is 16.3 Å². The normalized spacial score (nSPS) is 14.4.